The Labute approximate surface area is 96.3 Å². The van der Waals surface area contributed by atoms with Gasteiger partial charge in [0.15, 0.2) is 0 Å². The van der Waals surface area contributed by atoms with E-state index in [4.69, 9.17) is 10.5 Å². The van der Waals surface area contributed by atoms with Gasteiger partial charge in [-0.15, -0.1) is 0 Å². The highest BCUT2D eigenvalue weighted by molar-refractivity contribution is 5.97. The van der Waals surface area contributed by atoms with Crippen molar-refractivity contribution < 1.29 is 4.74 Å². The van der Waals surface area contributed by atoms with Crippen LogP contribution in [-0.4, -0.2) is 24.6 Å². The Bertz CT molecular complexity index is 361. The lowest BCUT2D eigenvalue weighted by Gasteiger charge is -2.24. The molecule has 1 aromatic rings. The second-order valence-corrected chi connectivity index (χ2v) is 4.24. The molecule has 1 aliphatic heterocycles. The highest BCUT2D eigenvalue weighted by Crippen LogP contribution is 2.16. The van der Waals surface area contributed by atoms with Crippen molar-refractivity contribution in [3.05, 3.63) is 35.9 Å². The van der Waals surface area contributed by atoms with E-state index in [-0.39, 0.29) is 0 Å². The molecule has 1 saturated heterocycles. The van der Waals surface area contributed by atoms with Gasteiger partial charge in [0.2, 0.25) is 0 Å². The molecule has 3 nitrogen and oxygen atoms in total. The number of rotatable bonds is 2. The molecule has 2 N–H and O–H groups in total. The topological polar surface area (TPSA) is 47.6 Å². The van der Waals surface area contributed by atoms with Gasteiger partial charge in [0.25, 0.3) is 0 Å². The van der Waals surface area contributed by atoms with Crippen molar-refractivity contribution in [3.8, 4) is 0 Å². The van der Waals surface area contributed by atoms with Crippen LogP contribution in [0.3, 0.4) is 0 Å². The number of benzene rings is 1. The minimum atomic E-state index is 0.297. The molecule has 0 amide bonds. The van der Waals surface area contributed by atoms with Crippen LogP contribution in [0, 0.1) is 0 Å². The Kier molecular flexibility index (Phi) is 3.57. The number of hydrogen-bond donors (Lipinski definition) is 1. The van der Waals surface area contributed by atoms with E-state index in [9.17, 15) is 0 Å². The van der Waals surface area contributed by atoms with Gasteiger partial charge in [0.05, 0.1) is 12.1 Å². The van der Waals surface area contributed by atoms with Crippen LogP contribution in [0.2, 0.25) is 0 Å². The normalized spacial score (nSPS) is 26.7. The number of amidine groups is 1. The number of hydrogen-bond acceptors (Lipinski definition) is 2. The first kappa shape index (κ1) is 11.1. The van der Waals surface area contributed by atoms with Gasteiger partial charge < -0.3 is 10.5 Å². The maximum absolute atomic E-state index is 5.98. The lowest BCUT2D eigenvalue weighted by Crippen LogP contribution is -2.28. The summed E-state index contributed by atoms with van der Waals surface area (Å²) in [5.74, 6) is 0.639. The van der Waals surface area contributed by atoms with Crippen LogP contribution < -0.4 is 5.73 Å². The largest absolute Gasteiger partial charge is 0.383 e. The summed E-state index contributed by atoms with van der Waals surface area (Å²) in [7, 11) is 0. The van der Waals surface area contributed by atoms with Gasteiger partial charge >= 0.3 is 0 Å². The maximum atomic E-state index is 5.98. The highest BCUT2D eigenvalue weighted by atomic mass is 16.5. The zero-order valence-corrected chi connectivity index (χ0v) is 9.60. The summed E-state index contributed by atoms with van der Waals surface area (Å²) < 4.78 is 5.49. The smallest absolute Gasteiger partial charge is 0.125 e. The fourth-order valence-corrected chi connectivity index (χ4v) is 1.97. The van der Waals surface area contributed by atoms with E-state index in [1.807, 2.05) is 30.3 Å². The van der Waals surface area contributed by atoms with Crippen LogP contribution in [0.25, 0.3) is 0 Å². The fraction of sp³-hybridized carbons (Fsp3) is 0.462. The van der Waals surface area contributed by atoms with Crippen LogP contribution in [0.1, 0.15) is 25.3 Å². The molecule has 86 valence electrons. The van der Waals surface area contributed by atoms with E-state index in [0.29, 0.717) is 18.0 Å². The first-order chi connectivity index (χ1) is 7.75. The Hall–Kier alpha value is -1.35. The van der Waals surface area contributed by atoms with Gasteiger partial charge in [0.1, 0.15) is 5.84 Å². The van der Waals surface area contributed by atoms with E-state index >= 15 is 0 Å². The summed E-state index contributed by atoms with van der Waals surface area (Å²) in [6, 6.07) is 10.2. The first-order valence-corrected chi connectivity index (χ1v) is 5.76. The van der Waals surface area contributed by atoms with Crippen LogP contribution in [0.5, 0.6) is 0 Å². The summed E-state index contributed by atoms with van der Waals surface area (Å²) in [6.45, 7) is 2.87. The second kappa shape index (κ2) is 5.12. The van der Waals surface area contributed by atoms with Crippen molar-refractivity contribution in [2.24, 2.45) is 10.7 Å². The van der Waals surface area contributed by atoms with Gasteiger partial charge in [0, 0.05) is 12.2 Å². The predicted octanol–water partition coefficient (Wildman–Crippen LogP) is 1.96. The Morgan fingerprint density at radius 2 is 2.12 bits per heavy atom. The van der Waals surface area contributed by atoms with Gasteiger partial charge in [-0.2, -0.15) is 0 Å². The molecule has 1 heterocycles. The number of nitrogens with two attached hydrogens (primary N) is 1. The third kappa shape index (κ3) is 2.83. The summed E-state index contributed by atoms with van der Waals surface area (Å²) >= 11 is 0. The van der Waals surface area contributed by atoms with E-state index in [1.165, 1.54) is 0 Å². The quantitative estimate of drug-likeness (QED) is 0.609. The van der Waals surface area contributed by atoms with Gasteiger partial charge in [-0.25, -0.2) is 0 Å². The molecule has 1 aliphatic rings. The number of ether oxygens (including phenoxy) is 1. The van der Waals surface area contributed by atoms with Crippen molar-refractivity contribution in [3.63, 3.8) is 0 Å². The van der Waals surface area contributed by atoms with Gasteiger partial charge in [-0.1, -0.05) is 30.3 Å². The van der Waals surface area contributed by atoms with Crippen molar-refractivity contribution >= 4 is 5.84 Å². The Balaban J connectivity index is 2.06. The predicted molar refractivity (Wildman–Crippen MR) is 65.6 cm³/mol. The number of nitrogens with zero attached hydrogens (tertiary/aromatic N) is 1. The van der Waals surface area contributed by atoms with Crippen molar-refractivity contribution in [2.45, 2.75) is 31.9 Å². The summed E-state index contributed by atoms with van der Waals surface area (Å²) in [4.78, 5) is 4.57. The maximum Gasteiger partial charge on any atom is 0.125 e. The molecule has 3 heteroatoms. The monoisotopic (exact) mass is 218 g/mol. The standard InChI is InChI=1S/C13H18N2O/c1-10-9-12(7-8-16-10)15-13(14)11-5-3-2-4-6-11/h2-6,10,12H,7-9H2,1H3,(H2,14,15). The van der Waals surface area contributed by atoms with Crippen LogP contribution in [-0.2, 0) is 4.74 Å². The third-order valence-electron chi connectivity index (χ3n) is 2.85. The molecule has 0 radical (unpaired) electrons. The number of aliphatic imine (C=N–C) groups is 1. The Morgan fingerprint density at radius 1 is 1.38 bits per heavy atom. The molecule has 16 heavy (non-hydrogen) atoms. The van der Waals surface area contributed by atoms with E-state index < -0.39 is 0 Å². The molecule has 2 rings (SSSR count). The molecule has 1 fully saturated rings. The molecule has 1 aromatic carbocycles. The van der Waals surface area contributed by atoms with E-state index in [1.54, 1.807) is 0 Å². The van der Waals surface area contributed by atoms with E-state index in [2.05, 4.69) is 11.9 Å². The molecule has 0 saturated carbocycles. The zero-order chi connectivity index (χ0) is 11.4. The van der Waals surface area contributed by atoms with Crippen LogP contribution in [0.4, 0.5) is 0 Å². The minimum Gasteiger partial charge on any atom is -0.383 e. The lowest BCUT2D eigenvalue weighted by atomic mass is 10.0. The molecule has 2 unspecified atom stereocenters. The molecule has 2 atom stereocenters. The average molecular weight is 218 g/mol. The Morgan fingerprint density at radius 3 is 2.81 bits per heavy atom. The molecule has 0 aliphatic carbocycles. The van der Waals surface area contributed by atoms with Crippen molar-refractivity contribution in [1.29, 1.82) is 0 Å². The highest BCUT2D eigenvalue weighted by Gasteiger charge is 2.18. The average Bonchev–Trinajstić information content (AvgIpc) is 2.30. The van der Waals surface area contributed by atoms with Crippen LogP contribution >= 0.6 is 0 Å². The molecule has 0 bridgehead atoms. The van der Waals surface area contributed by atoms with Gasteiger partial charge in [-0.3, -0.25) is 4.99 Å². The second-order valence-electron chi connectivity index (χ2n) is 4.24. The SMILES string of the molecule is CC1CC(N=C(N)c2ccccc2)CCO1. The summed E-state index contributed by atoms with van der Waals surface area (Å²) in [6.07, 6.45) is 2.23. The zero-order valence-electron chi connectivity index (χ0n) is 9.60. The van der Waals surface area contributed by atoms with Crippen molar-refractivity contribution in [2.75, 3.05) is 6.61 Å². The minimum absolute atomic E-state index is 0.297. The third-order valence-corrected chi connectivity index (χ3v) is 2.85. The van der Waals surface area contributed by atoms with Crippen molar-refractivity contribution in [1.82, 2.24) is 0 Å². The summed E-state index contributed by atoms with van der Waals surface area (Å²) in [5, 5.41) is 0. The fourth-order valence-electron chi connectivity index (χ4n) is 1.97. The van der Waals surface area contributed by atoms with E-state index in [0.717, 1.165) is 25.0 Å². The molecule has 0 spiro atoms. The molecular formula is C13H18N2O. The van der Waals surface area contributed by atoms with Gasteiger partial charge in [-0.05, 0) is 19.8 Å². The summed E-state index contributed by atoms with van der Waals surface area (Å²) in [5.41, 5.74) is 6.98. The molecule has 0 aromatic heterocycles. The lowest BCUT2D eigenvalue weighted by molar-refractivity contribution is 0.0204. The van der Waals surface area contributed by atoms with Crippen LogP contribution in [0.15, 0.2) is 35.3 Å². The molecular weight excluding hydrogens is 200 g/mol. The first-order valence-electron chi connectivity index (χ1n) is 5.76.